The van der Waals surface area contributed by atoms with Crippen molar-refractivity contribution in [3.63, 3.8) is 0 Å². The Balaban J connectivity index is 1.75. The molecular formula is C18H21PSi3. The van der Waals surface area contributed by atoms with Gasteiger partial charge in [-0.25, -0.2) is 0 Å². The molecule has 0 saturated carbocycles. The summed E-state index contributed by atoms with van der Waals surface area (Å²) in [5.41, 5.74) is 0. The van der Waals surface area contributed by atoms with E-state index < -0.39 is 0 Å². The first-order valence-corrected chi connectivity index (χ1v) is 17.5. The molecule has 4 heteroatoms. The Labute approximate surface area is 140 Å². The van der Waals surface area contributed by atoms with Crippen molar-refractivity contribution in [3.8, 4) is 0 Å². The van der Waals surface area contributed by atoms with Crippen LogP contribution in [0.25, 0.3) is 0 Å². The molecule has 3 aromatic rings. The first-order valence-electron chi connectivity index (χ1n) is 7.74. The van der Waals surface area contributed by atoms with Gasteiger partial charge < -0.3 is 0 Å². The van der Waals surface area contributed by atoms with Crippen LogP contribution in [0.4, 0.5) is 0 Å². The molecule has 0 fully saturated rings. The molecule has 0 aliphatic rings. The van der Waals surface area contributed by atoms with E-state index in [0.29, 0.717) is 6.57 Å². The van der Waals surface area contributed by atoms with Gasteiger partial charge in [-0.05, 0) is 0 Å². The molecule has 0 aliphatic heterocycles. The van der Waals surface area contributed by atoms with Crippen LogP contribution < -0.4 is 15.6 Å². The molecule has 0 unspecified atom stereocenters. The zero-order valence-electron chi connectivity index (χ0n) is 12.7. The molecule has 110 valence electrons. The van der Waals surface area contributed by atoms with Crippen LogP contribution in [0.1, 0.15) is 0 Å². The lowest BCUT2D eigenvalue weighted by molar-refractivity contribution is 1.77. The summed E-state index contributed by atoms with van der Waals surface area (Å²) in [4.78, 5) is 0. The van der Waals surface area contributed by atoms with Gasteiger partial charge in [0.25, 0.3) is 0 Å². The summed E-state index contributed by atoms with van der Waals surface area (Å²) in [6.45, 7) is 0.327. The van der Waals surface area contributed by atoms with Crippen molar-refractivity contribution in [1.82, 2.24) is 0 Å². The highest BCUT2D eigenvalue weighted by Gasteiger charge is 2.12. The first-order chi connectivity index (χ1) is 10.9. The zero-order valence-corrected chi connectivity index (χ0v) is 17.9. The van der Waals surface area contributed by atoms with Gasteiger partial charge in [0.1, 0.15) is 0 Å². The summed E-state index contributed by atoms with van der Waals surface area (Å²) in [5, 5.41) is 5.00. The molecule has 0 bridgehead atoms. The number of benzene rings is 3. The topological polar surface area (TPSA) is 0 Å². The molecular weight excluding hydrogens is 331 g/mol. The molecule has 0 amide bonds. The fourth-order valence-corrected chi connectivity index (χ4v) is 30.5. The van der Waals surface area contributed by atoms with E-state index in [1.54, 1.807) is 15.6 Å². The molecule has 0 spiro atoms. The molecule has 0 heterocycles. The van der Waals surface area contributed by atoms with Crippen LogP contribution in [0.3, 0.4) is 0 Å². The van der Waals surface area contributed by atoms with Crippen LogP contribution in [0.5, 0.6) is 0 Å². The van der Waals surface area contributed by atoms with Crippen LogP contribution in [-0.2, 0) is 0 Å². The standard InChI is InChI=1S/C18H21PSi3/c1-4-10-16(11-5-1)20-19(21-17-12-6-2-7-13-17)22-18-14-8-3-9-15-18/h1-15H,20-22H2. The molecule has 0 N–H and O–H groups in total. The van der Waals surface area contributed by atoms with Crippen LogP contribution in [0, 0.1) is 0 Å². The fourth-order valence-electron chi connectivity index (χ4n) is 2.69. The Morgan fingerprint density at radius 1 is 0.409 bits per heavy atom. The van der Waals surface area contributed by atoms with E-state index in [1.165, 1.54) is 0 Å². The molecule has 22 heavy (non-hydrogen) atoms. The average molecular weight is 353 g/mol. The summed E-state index contributed by atoms with van der Waals surface area (Å²) in [5.74, 6) is 0. The normalized spacial score (nSPS) is 13.6. The molecule has 3 rings (SSSR count). The van der Waals surface area contributed by atoms with Gasteiger partial charge in [0.15, 0.2) is 0 Å². The van der Waals surface area contributed by atoms with Gasteiger partial charge in [-0.2, -0.15) is 0 Å². The van der Waals surface area contributed by atoms with Crippen molar-refractivity contribution in [2.45, 2.75) is 0 Å². The summed E-state index contributed by atoms with van der Waals surface area (Å²) in [6, 6.07) is 33.9. The zero-order chi connectivity index (χ0) is 15.0. The Hall–Kier alpha value is -1.26. The quantitative estimate of drug-likeness (QED) is 0.452. The maximum atomic E-state index is 2.36. The van der Waals surface area contributed by atoms with Gasteiger partial charge in [0, 0.05) is 0 Å². The van der Waals surface area contributed by atoms with Crippen molar-refractivity contribution in [2.75, 3.05) is 0 Å². The predicted octanol–water partition coefficient (Wildman–Crippen LogP) is 0.696. The molecule has 0 atom stereocenters. The SMILES string of the molecule is c1ccc([SiH2]P([SiH2]c2ccccc2)[SiH2]c2ccccc2)cc1. The summed E-state index contributed by atoms with van der Waals surface area (Å²) >= 11 is 0. The second-order valence-corrected chi connectivity index (χ2v) is 29.3. The van der Waals surface area contributed by atoms with Crippen molar-refractivity contribution in [3.05, 3.63) is 91.0 Å². The largest absolute Gasteiger partial charge is 0.144 e. The summed E-state index contributed by atoms with van der Waals surface area (Å²) in [6.07, 6.45) is 0. The van der Waals surface area contributed by atoms with E-state index in [-0.39, 0.29) is 27.6 Å². The third-order valence-corrected chi connectivity index (χ3v) is 27.0. The average Bonchev–Trinajstić information content (AvgIpc) is 2.57. The summed E-state index contributed by atoms with van der Waals surface area (Å²) in [7, 11) is -0.290. The predicted molar refractivity (Wildman–Crippen MR) is 111 cm³/mol. The van der Waals surface area contributed by atoms with Crippen molar-refractivity contribution >= 4 is 49.7 Å². The van der Waals surface area contributed by atoms with Crippen molar-refractivity contribution < 1.29 is 0 Å². The monoisotopic (exact) mass is 352 g/mol. The van der Waals surface area contributed by atoms with E-state index >= 15 is 0 Å². The molecule has 0 aromatic heterocycles. The Bertz CT molecular complexity index is 576. The van der Waals surface area contributed by atoms with Crippen molar-refractivity contribution in [2.24, 2.45) is 0 Å². The Morgan fingerprint density at radius 3 is 0.955 bits per heavy atom. The van der Waals surface area contributed by atoms with Crippen LogP contribution >= 0.6 is 6.57 Å². The van der Waals surface area contributed by atoms with E-state index in [4.69, 9.17) is 0 Å². The highest BCUT2D eigenvalue weighted by atomic mass is 31.8. The van der Waals surface area contributed by atoms with Gasteiger partial charge >= 0.3 is 0 Å². The first kappa shape index (κ1) is 15.6. The molecule has 0 saturated heterocycles. The lowest BCUT2D eigenvalue weighted by Gasteiger charge is -2.17. The molecule has 0 aliphatic carbocycles. The van der Waals surface area contributed by atoms with Gasteiger partial charge in [-0.3, -0.25) is 0 Å². The molecule has 0 radical (unpaired) electrons. The minimum Gasteiger partial charge on any atom is -0.144 e. The maximum absolute atomic E-state index is 2.36. The Morgan fingerprint density at radius 2 is 0.682 bits per heavy atom. The van der Waals surface area contributed by atoms with Gasteiger partial charge in [-0.15, -0.1) is 6.57 Å². The molecule has 3 aromatic carbocycles. The minimum atomic E-state index is -0.0968. The highest BCUT2D eigenvalue weighted by molar-refractivity contribution is 8.26. The third-order valence-electron chi connectivity index (χ3n) is 3.75. The van der Waals surface area contributed by atoms with Crippen LogP contribution in [0.15, 0.2) is 91.0 Å². The lowest BCUT2D eigenvalue weighted by Crippen LogP contribution is -2.27. The van der Waals surface area contributed by atoms with E-state index in [1.807, 2.05) is 0 Å². The van der Waals surface area contributed by atoms with Gasteiger partial charge in [0.2, 0.25) is 0 Å². The number of hydrogen-bond acceptors (Lipinski definition) is 0. The van der Waals surface area contributed by atoms with Crippen LogP contribution in [0.2, 0.25) is 0 Å². The third kappa shape index (κ3) is 4.89. The van der Waals surface area contributed by atoms with E-state index in [2.05, 4.69) is 91.0 Å². The van der Waals surface area contributed by atoms with E-state index in [0.717, 1.165) is 0 Å². The van der Waals surface area contributed by atoms with E-state index in [9.17, 15) is 0 Å². The van der Waals surface area contributed by atoms with Crippen LogP contribution in [-0.4, -0.2) is 27.6 Å². The smallest absolute Gasteiger partial charge is 0.0735 e. The number of hydrogen-bond donors (Lipinski definition) is 0. The highest BCUT2D eigenvalue weighted by Crippen LogP contribution is 2.27. The second-order valence-electron chi connectivity index (χ2n) is 5.60. The van der Waals surface area contributed by atoms with Crippen molar-refractivity contribution in [1.29, 1.82) is 0 Å². The lowest BCUT2D eigenvalue weighted by atomic mass is 10.4. The maximum Gasteiger partial charge on any atom is 0.0735 e. The van der Waals surface area contributed by atoms with Gasteiger partial charge in [0.05, 0.1) is 27.6 Å². The number of rotatable bonds is 6. The second kappa shape index (κ2) is 8.39. The Kier molecular flexibility index (Phi) is 5.96. The fraction of sp³-hybridized carbons (Fsp3) is 0. The molecule has 0 nitrogen and oxygen atoms in total. The van der Waals surface area contributed by atoms with Gasteiger partial charge in [-0.1, -0.05) is 107 Å². The minimum absolute atomic E-state index is 0.0968. The summed E-state index contributed by atoms with van der Waals surface area (Å²) < 4.78 is 0.